The average Bonchev–Trinajstić information content (AvgIpc) is 2.42. The second-order valence-electron chi connectivity index (χ2n) is 5.29. The fourth-order valence-corrected chi connectivity index (χ4v) is 2.60. The minimum Gasteiger partial charge on any atom is -0.364 e. The van der Waals surface area contributed by atoms with Crippen molar-refractivity contribution in [2.45, 2.75) is 45.2 Å². The molecule has 0 radical (unpaired) electrons. The van der Waals surface area contributed by atoms with E-state index in [9.17, 15) is 4.79 Å². The van der Waals surface area contributed by atoms with Crippen molar-refractivity contribution in [1.82, 2.24) is 14.5 Å². The van der Waals surface area contributed by atoms with Gasteiger partial charge in [-0.1, -0.05) is 13.3 Å². The summed E-state index contributed by atoms with van der Waals surface area (Å²) < 4.78 is 1.72. The number of likely N-dealkylation sites (tertiary alicyclic amines) is 1. The number of aryl methyl sites for hydroxylation is 1. The van der Waals surface area contributed by atoms with Crippen molar-refractivity contribution in [1.29, 1.82) is 0 Å². The average molecular weight is 264 g/mol. The molecule has 1 saturated heterocycles. The molecular weight excluding hydrogens is 240 g/mol. The lowest BCUT2D eigenvalue weighted by atomic mass is 10.0. The van der Waals surface area contributed by atoms with Gasteiger partial charge in [0.25, 0.3) is 5.56 Å². The quantitative estimate of drug-likeness (QED) is 0.876. The number of anilines is 1. The summed E-state index contributed by atoms with van der Waals surface area (Å²) in [6.07, 6.45) is 8.15. The lowest BCUT2D eigenvalue weighted by molar-refractivity contribution is 0.194. The van der Waals surface area contributed by atoms with Crippen molar-refractivity contribution in [3.63, 3.8) is 0 Å². The van der Waals surface area contributed by atoms with E-state index < -0.39 is 0 Å². The predicted molar refractivity (Wildman–Crippen MR) is 77.5 cm³/mol. The highest BCUT2D eigenvalue weighted by Crippen LogP contribution is 2.14. The van der Waals surface area contributed by atoms with Crippen LogP contribution in [0.1, 0.15) is 32.6 Å². The first-order chi connectivity index (χ1) is 9.22. The summed E-state index contributed by atoms with van der Waals surface area (Å²) in [5.74, 6) is 0.481. The molecule has 1 aromatic rings. The highest BCUT2D eigenvalue weighted by molar-refractivity contribution is 5.31. The fraction of sp³-hybridized carbons (Fsp3) is 0.714. The van der Waals surface area contributed by atoms with E-state index in [1.165, 1.54) is 19.3 Å². The first kappa shape index (κ1) is 14.1. The topological polar surface area (TPSA) is 50.2 Å². The van der Waals surface area contributed by atoms with Crippen LogP contribution in [0.25, 0.3) is 0 Å². The Morgan fingerprint density at radius 2 is 2.32 bits per heavy atom. The van der Waals surface area contributed by atoms with Crippen molar-refractivity contribution in [2.75, 3.05) is 25.5 Å². The number of rotatable bonds is 5. The number of piperidine rings is 1. The molecule has 2 heterocycles. The lowest BCUT2D eigenvalue weighted by Gasteiger charge is -2.32. The standard InChI is InChI=1S/C14H24N4O/c1-3-8-18-10-7-15-13(14(18)19)16-11-12-6-4-5-9-17(12)2/h7,10,12H,3-6,8-9,11H2,1-2H3,(H,15,16). The maximum atomic E-state index is 12.1. The number of aromatic nitrogens is 2. The molecule has 2 rings (SSSR count). The third-order valence-electron chi connectivity index (χ3n) is 3.80. The summed E-state index contributed by atoms with van der Waals surface area (Å²) in [5, 5.41) is 3.23. The Bertz CT molecular complexity index is 457. The molecule has 106 valence electrons. The van der Waals surface area contributed by atoms with Crippen LogP contribution in [0.4, 0.5) is 5.82 Å². The third-order valence-corrected chi connectivity index (χ3v) is 3.80. The molecule has 1 aliphatic heterocycles. The monoisotopic (exact) mass is 264 g/mol. The van der Waals surface area contributed by atoms with E-state index in [1.807, 2.05) is 0 Å². The van der Waals surface area contributed by atoms with Gasteiger partial charge in [-0.2, -0.15) is 0 Å². The number of hydrogen-bond acceptors (Lipinski definition) is 4. The van der Waals surface area contributed by atoms with E-state index in [0.29, 0.717) is 11.9 Å². The van der Waals surface area contributed by atoms with Crippen LogP contribution < -0.4 is 10.9 Å². The smallest absolute Gasteiger partial charge is 0.293 e. The zero-order chi connectivity index (χ0) is 13.7. The molecule has 0 aliphatic carbocycles. The summed E-state index contributed by atoms with van der Waals surface area (Å²) in [5.41, 5.74) is -0.0113. The third kappa shape index (κ3) is 3.56. The molecule has 1 aliphatic rings. The van der Waals surface area contributed by atoms with Gasteiger partial charge in [0.2, 0.25) is 0 Å². The molecule has 1 atom stereocenters. The van der Waals surface area contributed by atoms with E-state index in [-0.39, 0.29) is 5.56 Å². The zero-order valence-corrected chi connectivity index (χ0v) is 11.9. The van der Waals surface area contributed by atoms with Crippen molar-refractivity contribution in [3.05, 3.63) is 22.7 Å². The maximum absolute atomic E-state index is 12.1. The highest BCUT2D eigenvalue weighted by atomic mass is 16.1. The Morgan fingerprint density at radius 3 is 3.05 bits per heavy atom. The molecule has 1 aromatic heterocycles. The molecule has 0 amide bonds. The van der Waals surface area contributed by atoms with E-state index >= 15 is 0 Å². The molecule has 19 heavy (non-hydrogen) atoms. The maximum Gasteiger partial charge on any atom is 0.293 e. The van der Waals surface area contributed by atoms with Gasteiger partial charge in [0.05, 0.1) is 0 Å². The van der Waals surface area contributed by atoms with Crippen LogP contribution >= 0.6 is 0 Å². The van der Waals surface area contributed by atoms with Crippen LogP contribution in [0, 0.1) is 0 Å². The number of likely N-dealkylation sites (N-methyl/N-ethyl adjacent to an activating group) is 1. The minimum atomic E-state index is -0.0113. The van der Waals surface area contributed by atoms with Gasteiger partial charge < -0.3 is 14.8 Å². The van der Waals surface area contributed by atoms with Crippen LogP contribution in [0.5, 0.6) is 0 Å². The van der Waals surface area contributed by atoms with Gasteiger partial charge in [-0.3, -0.25) is 4.79 Å². The van der Waals surface area contributed by atoms with Crippen LogP contribution in [0.3, 0.4) is 0 Å². The Hall–Kier alpha value is -1.36. The summed E-state index contributed by atoms with van der Waals surface area (Å²) in [7, 11) is 2.15. The molecule has 1 N–H and O–H groups in total. The van der Waals surface area contributed by atoms with Gasteiger partial charge in [0.1, 0.15) is 0 Å². The summed E-state index contributed by atoms with van der Waals surface area (Å²) in [6.45, 7) is 4.76. The van der Waals surface area contributed by atoms with Gasteiger partial charge >= 0.3 is 0 Å². The second kappa shape index (κ2) is 6.70. The van der Waals surface area contributed by atoms with Gasteiger partial charge in [-0.15, -0.1) is 0 Å². The molecule has 1 unspecified atom stereocenters. The molecule has 0 saturated carbocycles. The van der Waals surface area contributed by atoms with Crippen molar-refractivity contribution >= 4 is 5.82 Å². The van der Waals surface area contributed by atoms with E-state index in [1.54, 1.807) is 17.0 Å². The SMILES string of the molecule is CCCn1ccnc(NCC2CCCCN2C)c1=O. The fourth-order valence-electron chi connectivity index (χ4n) is 2.60. The Labute approximate surface area is 114 Å². The molecule has 5 nitrogen and oxygen atoms in total. The van der Waals surface area contributed by atoms with Gasteiger partial charge in [-0.05, 0) is 32.9 Å². The Morgan fingerprint density at radius 1 is 1.47 bits per heavy atom. The van der Waals surface area contributed by atoms with E-state index in [0.717, 1.165) is 26.1 Å². The largest absolute Gasteiger partial charge is 0.364 e. The van der Waals surface area contributed by atoms with Gasteiger partial charge in [-0.25, -0.2) is 4.98 Å². The predicted octanol–water partition coefficient (Wildman–Crippen LogP) is 1.55. The Balaban J connectivity index is 1.99. The molecule has 5 heteroatoms. The normalized spacial score (nSPS) is 20.4. The number of nitrogens with one attached hydrogen (secondary N) is 1. The highest BCUT2D eigenvalue weighted by Gasteiger charge is 2.19. The molecule has 0 spiro atoms. The molecule has 1 fully saturated rings. The van der Waals surface area contributed by atoms with Crippen molar-refractivity contribution in [3.8, 4) is 0 Å². The van der Waals surface area contributed by atoms with Crippen molar-refractivity contribution in [2.24, 2.45) is 0 Å². The summed E-state index contributed by atoms with van der Waals surface area (Å²) in [4.78, 5) is 18.7. The minimum absolute atomic E-state index is 0.0113. The Kier molecular flexibility index (Phi) is 4.96. The second-order valence-corrected chi connectivity index (χ2v) is 5.29. The molecular formula is C14H24N4O. The van der Waals surface area contributed by atoms with Crippen LogP contribution in [-0.2, 0) is 6.54 Å². The first-order valence-electron chi connectivity index (χ1n) is 7.22. The van der Waals surface area contributed by atoms with Gasteiger partial charge in [0.15, 0.2) is 5.82 Å². The van der Waals surface area contributed by atoms with Crippen LogP contribution in [-0.4, -0.2) is 40.6 Å². The van der Waals surface area contributed by atoms with E-state index in [4.69, 9.17) is 0 Å². The zero-order valence-electron chi connectivity index (χ0n) is 11.9. The van der Waals surface area contributed by atoms with Crippen molar-refractivity contribution < 1.29 is 0 Å². The summed E-state index contributed by atoms with van der Waals surface area (Å²) >= 11 is 0. The number of nitrogens with zero attached hydrogens (tertiary/aromatic N) is 3. The molecule has 0 bridgehead atoms. The van der Waals surface area contributed by atoms with Gasteiger partial charge in [0, 0.05) is 31.5 Å². The van der Waals surface area contributed by atoms with E-state index in [2.05, 4.69) is 29.2 Å². The first-order valence-corrected chi connectivity index (χ1v) is 7.22. The van der Waals surface area contributed by atoms with Crippen LogP contribution in [0.2, 0.25) is 0 Å². The number of hydrogen-bond donors (Lipinski definition) is 1. The lowest BCUT2D eigenvalue weighted by Crippen LogP contribution is -2.41. The summed E-state index contributed by atoms with van der Waals surface area (Å²) in [6, 6.07) is 0.509. The van der Waals surface area contributed by atoms with Crippen LogP contribution in [0.15, 0.2) is 17.2 Å². The molecule has 0 aromatic carbocycles.